The lowest BCUT2D eigenvalue weighted by atomic mass is 9.97. The fraction of sp³-hybridized carbons (Fsp3) is 0.250. The number of aromatic nitrogens is 2. The molecule has 7 nitrogen and oxygen atoms in total. The summed E-state index contributed by atoms with van der Waals surface area (Å²) in [5.74, 6) is -0.577. The monoisotopic (exact) mass is 498 g/mol. The third kappa shape index (κ3) is 5.42. The van der Waals surface area contributed by atoms with Crippen molar-refractivity contribution in [3.05, 3.63) is 68.6 Å². The molecule has 0 fully saturated rings. The van der Waals surface area contributed by atoms with E-state index in [1.807, 2.05) is 30.3 Å². The number of hydrogen-bond donors (Lipinski definition) is 2. The van der Waals surface area contributed by atoms with Crippen LogP contribution in [-0.2, 0) is 10.0 Å². The van der Waals surface area contributed by atoms with Crippen molar-refractivity contribution in [3.63, 3.8) is 0 Å². The van der Waals surface area contributed by atoms with Crippen LogP contribution in [0.3, 0.4) is 0 Å². The number of carbonyl (C=O) groups excluding carboxylic acids is 1. The molecule has 2 aromatic carbocycles. The number of rotatable bonds is 8. The second-order valence-electron chi connectivity index (χ2n) is 6.54. The summed E-state index contributed by atoms with van der Waals surface area (Å²) in [6, 6.07) is 12.3. The molecular formula is C20H20Cl2N4O3S2. The van der Waals surface area contributed by atoms with E-state index >= 15 is 0 Å². The van der Waals surface area contributed by atoms with Crippen molar-refractivity contribution < 1.29 is 13.2 Å². The minimum Gasteiger partial charge on any atom is -0.296 e. The van der Waals surface area contributed by atoms with Crippen LogP contribution in [0.15, 0.2) is 47.4 Å². The quantitative estimate of drug-likeness (QED) is 0.457. The average molecular weight is 499 g/mol. The molecule has 2 N–H and O–H groups in total. The smallest absolute Gasteiger partial charge is 0.259 e. The predicted molar refractivity (Wildman–Crippen MR) is 124 cm³/mol. The van der Waals surface area contributed by atoms with E-state index < -0.39 is 15.9 Å². The van der Waals surface area contributed by atoms with Crippen LogP contribution in [0.4, 0.5) is 5.13 Å². The molecule has 1 aromatic heterocycles. The number of anilines is 1. The number of amides is 1. The molecule has 0 spiro atoms. The van der Waals surface area contributed by atoms with Crippen LogP contribution in [0.2, 0.25) is 10.0 Å². The first kappa shape index (κ1) is 23.6. The van der Waals surface area contributed by atoms with E-state index in [1.54, 1.807) is 6.92 Å². The molecule has 0 bridgehead atoms. The zero-order chi connectivity index (χ0) is 22.6. The lowest BCUT2D eigenvalue weighted by Crippen LogP contribution is -2.24. The van der Waals surface area contributed by atoms with Crippen molar-refractivity contribution in [2.75, 3.05) is 11.9 Å². The summed E-state index contributed by atoms with van der Waals surface area (Å²) in [6.07, 6.45) is 0.818. The largest absolute Gasteiger partial charge is 0.296 e. The van der Waals surface area contributed by atoms with E-state index in [9.17, 15) is 13.2 Å². The summed E-state index contributed by atoms with van der Waals surface area (Å²) in [7, 11) is -3.82. The van der Waals surface area contributed by atoms with Gasteiger partial charge in [-0.05, 0) is 24.1 Å². The van der Waals surface area contributed by atoms with E-state index in [2.05, 4.69) is 27.2 Å². The third-order valence-electron chi connectivity index (χ3n) is 4.46. The second kappa shape index (κ2) is 10.1. The summed E-state index contributed by atoms with van der Waals surface area (Å²) in [4.78, 5) is 12.7. The Morgan fingerprint density at radius 3 is 2.48 bits per heavy atom. The summed E-state index contributed by atoms with van der Waals surface area (Å²) in [6.45, 7) is 3.89. The maximum atomic E-state index is 12.8. The van der Waals surface area contributed by atoms with Crippen molar-refractivity contribution in [2.45, 2.75) is 31.1 Å². The highest BCUT2D eigenvalue weighted by Gasteiger charge is 2.23. The van der Waals surface area contributed by atoms with Gasteiger partial charge in [0.25, 0.3) is 5.91 Å². The maximum Gasteiger partial charge on any atom is 0.259 e. The van der Waals surface area contributed by atoms with Crippen molar-refractivity contribution in [2.24, 2.45) is 0 Å². The van der Waals surface area contributed by atoms with Gasteiger partial charge in [-0.25, -0.2) is 13.1 Å². The summed E-state index contributed by atoms with van der Waals surface area (Å²) in [5, 5.41) is 11.9. The molecule has 0 saturated heterocycles. The molecule has 1 heterocycles. The van der Waals surface area contributed by atoms with Crippen molar-refractivity contribution in [1.29, 1.82) is 0 Å². The number of hydrogen-bond acceptors (Lipinski definition) is 6. The SMILES string of the molecule is CCNS(=O)(=O)c1cc(Cl)c(Cl)c(C(=O)Nc2nnc(C(CC)c3ccccc3)s2)c1. The van der Waals surface area contributed by atoms with Gasteiger partial charge in [-0.2, -0.15) is 0 Å². The van der Waals surface area contributed by atoms with Gasteiger partial charge in [-0.1, -0.05) is 78.7 Å². The zero-order valence-corrected chi connectivity index (χ0v) is 19.9. The molecule has 0 aliphatic heterocycles. The first-order chi connectivity index (χ1) is 14.8. The molecule has 3 aromatic rings. The van der Waals surface area contributed by atoms with Gasteiger partial charge < -0.3 is 0 Å². The van der Waals surface area contributed by atoms with Gasteiger partial charge in [0.2, 0.25) is 15.2 Å². The molecule has 1 amide bonds. The molecular weight excluding hydrogens is 479 g/mol. The molecule has 1 unspecified atom stereocenters. The van der Waals surface area contributed by atoms with Gasteiger partial charge in [0.15, 0.2) is 0 Å². The van der Waals surface area contributed by atoms with Crippen LogP contribution < -0.4 is 10.0 Å². The number of halogens is 2. The summed E-state index contributed by atoms with van der Waals surface area (Å²) in [5.41, 5.74) is 1.03. The maximum absolute atomic E-state index is 12.8. The lowest BCUT2D eigenvalue weighted by molar-refractivity contribution is 0.102. The number of nitrogens with zero attached hydrogens (tertiary/aromatic N) is 2. The topological polar surface area (TPSA) is 101 Å². The van der Waals surface area contributed by atoms with E-state index in [-0.39, 0.29) is 38.1 Å². The van der Waals surface area contributed by atoms with Gasteiger partial charge in [0.05, 0.1) is 20.5 Å². The lowest BCUT2D eigenvalue weighted by Gasteiger charge is -2.11. The van der Waals surface area contributed by atoms with Crippen molar-refractivity contribution in [1.82, 2.24) is 14.9 Å². The van der Waals surface area contributed by atoms with E-state index in [0.29, 0.717) is 0 Å². The van der Waals surface area contributed by atoms with Crippen molar-refractivity contribution in [3.8, 4) is 0 Å². The van der Waals surface area contributed by atoms with E-state index in [4.69, 9.17) is 23.2 Å². The highest BCUT2D eigenvalue weighted by molar-refractivity contribution is 7.89. The molecule has 1 atom stereocenters. The Bertz CT molecular complexity index is 1180. The molecule has 0 aliphatic carbocycles. The zero-order valence-electron chi connectivity index (χ0n) is 16.7. The van der Waals surface area contributed by atoms with Gasteiger partial charge >= 0.3 is 0 Å². The molecule has 11 heteroatoms. The van der Waals surface area contributed by atoms with Crippen LogP contribution in [-0.4, -0.2) is 31.1 Å². The normalized spacial score (nSPS) is 12.5. The van der Waals surface area contributed by atoms with Gasteiger partial charge in [0.1, 0.15) is 5.01 Å². The fourth-order valence-corrected chi connectivity index (χ4v) is 5.51. The Hall–Kier alpha value is -2.04. The van der Waals surface area contributed by atoms with Gasteiger partial charge in [0, 0.05) is 12.5 Å². The minimum absolute atomic E-state index is 0.0427. The average Bonchev–Trinajstić information content (AvgIpc) is 3.19. The van der Waals surface area contributed by atoms with Crippen LogP contribution >= 0.6 is 34.5 Å². The number of sulfonamides is 1. The van der Waals surface area contributed by atoms with E-state index in [1.165, 1.54) is 23.5 Å². The van der Waals surface area contributed by atoms with Gasteiger partial charge in [-0.3, -0.25) is 10.1 Å². The number of nitrogens with one attached hydrogen (secondary N) is 2. The Morgan fingerprint density at radius 1 is 1.13 bits per heavy atom. The van der Waals surface area contributed by atoms with Gasteiger partial charge in [-0.15, -0.1) is 10.2 Å². The van der Waals surface area contributed by atoms with Crippen molar-refractivity contribution >= 4 is 55.6 Å². The Morgan fingerprint density at radius 2 is 1.84 bits per heavy atom. The standard InChI is InChI=1S/C20H20Cl2N4O3S2/c1-3-14(12-8-6-5-7-9-12)19-25-26-20(30-19)24-18(27)15-10-13(11-16(21)17(15)22)31(28,29)23-4-2/h5-11,14,23H,3-4H2,1-2H3,(H,24,26,27). The second-order valence-corrected chi connectivity index (χ2v) is 10.1. The number of benzene rings is 2. The Balaban J connectivity index is 1.87. The molecule has 0 radical (unpaired) electrons. The first-order valence-corrected chi connectivity index (χ1v) is 12.5. The van der Waals surface area contributed by atoms with Crippen LogP contribution in [0.1, 0.15) is 47.1 Å². The van der Waals surface area contributed by atoms with Crippen LogP contribution in [0, 0.1) is 0 Å². The fourth-order valence-electron chi connectivity index (χ4n) is 2.99. The molecule has 3 rings (SSSR count). The van der Waals surface area contributed by atoms with E-state index in [0.717, 1.165) is 17.0 Å². The van der Waals surface area contributed by atoms with Crippen LogP contribution in [0.5, 0.6) is 0 Å². The molecule has 0 aliphatic rings. The first-order valence-electron chi connectivity index (χ1n) is 9.45. The minimum atomic E-state index is -3.82. The van der Waals surface area contributed by atoms with Crippen LogP contribution in [0.25, 0.3) is 0 Å². The third-order valence-corrected chi connectivity index (χ3v) is 7.74. The highest BCUT2D eigenvalue weighted by Crippen LogP contribution is 2.33. The Labute approximate surface area is 194 Å². The molecule has 164 valence electrons. The summed E-state index contributed by atoms with van der Waals surface area (Å²) >= 11 is 13.5. The molecule has 0 saturated carbocycles. The number of carbonyl (C=O) groups is 1. The Kier molecular flexibility index (Phi) is 7.66. The summed E-state index contributed by atoms with van der Waals surface area (Å²) < 4.78 is 27.0. The predicted octanol–water partition coefficient (Wildman–Crippen LogP) is 4.94. The highest BCUT2D eigenvalue weighted by atomic mass is 35.5. The molecule has 31 heavy (non-hydrogen) atoms.